The molecule has 1 heterocycles. The Balaban J connectivity index is 0.00000136. The molecule has 0 fully saturated rings. The quantitative estimate of drug-likeness (QED) is 0.633. The molecule has 0 bridgehead atoms. The summed E-state index contributed by atoms with van der Waals surface area (Å²) in [6, 6.07) is 13.2. The largest absolute Gasteiger partial charge is 0.493 e. The van der Waals surface area contributed by atoms with E-state index in [1.54, 1.807) is 47.3 Å². The normalized spacial score (nSPS) is 11.3. The highest BCUT2D eigenvalue weighted by Crippen LogP contribution is 2.20. The van der Waals surface area contributed by atoms with Crippen LogP contribution in [0.3, 0.4) is 0 Å². The predicted molar refractivity (Wildman–Crippen MR) is 107 cm³/mol. The highest BCUT2D eigenvalue weighted by atomic mass is 19.1. The highest BCUT2D eigenvalue weighted by molar-refractivity contribution is 5.70. The minimum Gasteiger partial charge on any atom is -0.493 e. The lowest BCUT2D eigenvalue weighted by Crippen LogP contribution is -2.07. The molecular weight excluding hydrogens is 359 g/mol. The predicted octanol–water partition coefficient (Wildman–Crippen LogP) is 4.85. The van der Waals surface area contributed by atoms with E-state index in [1.165, 1.54) is 12.1 Å². The first-order chi connectivity index (χ1) is 13.5. The van der Waals surface area contributed by atoms with Gasteiger partial charge >= 0.3 is 5.97 Å². The average Bonchev–Trinajstić information content (AvgIpc) is 3.18. The van der Waals surface area contributed by atoms with Gasteiger partial charge in [-0.3, -0.25) is 4.79 Å². The van der Waals surface area contributed by atoms with Gasteiger partial charge in [-0.15, -0.1) is 0 Å². The molecule has 28 heavy (non-hydrogen) atoms. The maximum Gasteiger partial charge on any atom is 0.307 e. The van der Waals surface area contributed by atoms with Crippen molar-refractivity contribution in [2.24, 2.45) is 0 Å². The van der Waals surface area contributed by atoms with E-state index in [2.05, 4.69) is 5.10 Å². The maximum absolute atomic E-state index is 13.0. The second-order valence-corrected chi connectivity index (χ2v) is 6.12. The minimum absolute atomic E-state index is 0.0306. The van der Waals surface area contributed by atoms with Crippen molar-refractivity contribution in [3.8, 4) is 11.4 Å². The maximum atomic E-state index is 13.0. The van der Waals surface area contributed by atoms with Gasteiger partial charge < -0.3 is 9.84 Å². The Kier molecular flexibility index (Phi) is 7.75. The number of carbonyl (C=O) groups is 1. The molecule has 0 aliphatic carbocycles. The van der Waals surface area contributed by atoms with E-state index in [4.69, 9.17) is 9.84 Å². The van der Waals surface area contributed by atoms with E-state index >= 15 is 0 Å². The number of halogens is 1. The molecule has 2 aromatic carbocycles. The van der Waals surface area contributed by atoms with E-state index < -0.39 is 5.97 Å². The fourth-order valence-corrected chi connectivity index (χ4v) is 2.56. The third kappa shape index (κ3) is 5.94. The van der Waals surface area contributed by atoms with Crippen molar-refractivity contribution in [1.82, 2.24) is 9.78 Å². The highest BCUT2D eigenvalue weighted by Gasteiger charge is 2.11. The van der Waals surface area contributed by atoms with Crippen LogP contribution in [-0.2, 0) is 11.2 Å². The molecule has 1 N–H and O–H groups in total. The molecule has 1 unspecified atom stereocenters. The summed E-state index contributed by atoms with van der Waals surface area (Å²) >= 11 is 0. The van der Waals surface area contributed by atoms with E-state index in [9.17, 15) is 9.18 Å². The number of aromatic nitrogens is 2. The number of benzene rings is 2. The third-order valence-electron chi connectivity index (χ3n) is 4.02. The van der Waals surface area contributed by atoms with Crippen LogP contribution in [0.1, 0.15) is 37.8 Å². The Bertz CT molecular complexity index is 891. The fourth-order valence-electron chi connectivity index (χ4n) is 2.56. The molecule has 1 aromatic heterocycles. The second-order valence-electron chi connectivity index (χ2n) is 6.12. The van der Waals surface area contributed by atoms with Crippen molar-refractivity contribution >= 4 is 5.97 Å². The Labute approximate surface area is 164 Å². The molecule has 0 saturated carbocycles. The molecule has 1 atom stereocenters. The van der Waals surface area contributed by atoms with E-state index in [0.717, 1.165) is 11.3 Å². The second kappa shape index (κ2) is 10.3. The van der Waals surface area contributed by atoms with E-state index in [0.29, 0.717) is 17.9 Å². The number of hydrogen-bond donors (Lipinski definition) is 1. The first kappa shape index (κ1) is 21.2. The molecular formula is C22H25FN2O3. The Hall–Kier alpha value is -3.15. The monoisotopic (exact) mass is 384 g/mol. The van der Waals surface area contributed by atoms with Gasteiger partial charge in [0.25, 0.3) is 0 Å². The molecule has 0 saturated heterocycles. The zero-order valence-corrected chi connectivity index (χ0v) is 16.3. The summed E-state index contributed by atoms with van der Waals surface area (Å²) in [4.78, 5) is 10.8. The third-order valence-corrected chi connectivity index (χ3v) is 4.02. The topological polar surface area (TPSA) is 64.3 Å². The van der Waals surface area contributed by atoms with Crippen LogP contribution in [0.25, 0.3) is 5.69 Å². The molecule has 0 spiro atoms. The molecule has 0 amide bonds. The van der Waals surface area contributed by atoms with Crippen LogP contribution in [0.4, 0.5) is 4.39 Å². The molecule has 0 aliphatic heterocycles. The number of carboxylic acid groups (broad SMARTS) is 1. The van der Waals surface area contributed by atoms with Gasteiger partial charge in [0.15, 0.2) is 0 Å². The number of aliphatic carboxylic acids is 1. The zero-order valence-electron chi connectivity index (χ0n) is 16.3. The molecule has 3 rings (SSSR count). The van der Waals surface area contributed by atoms with Crippen molar-refractivity contribution in [3.05, 3.63) is 77.9 Å². The van der Waals surface area contributed by atoms with Gasteiger partial charge in [-0.25, -0.2) is 9.07 Å². The lowest BCUT2D eigenvalue weighted by Gasteiger charge is -2.12. The van der Waals surface area contributed by atoms with Gasteiger partial charge in [-0.2, -0.15) is 5.10 Å². The summed E-state index contributed by atoms with van der Waals surface area (Å²) < 4.78 is 20.5. The molecule has 0 aliphatic rings. The van der Waals surface area contributed by atoms with Crippen molar-refractivity contribution in [3.63, 3.8) is 0 Å². The number of rotatable bonds is 7. The van der Waals surface area contributed by atoms with Crippen molar-refractivity contribution < 1.29 is 19.0 Å². The lowest BCUT2D eigenvalue weighted by atomic mass is 10.1. The van der Waals surface area contributed by atoms with Gasteiger partial charge in [0.1, 0.15) is 11.6 Å². The van der Waals surface area contributed by atoms with Gasteiger partial charge in [-0.1, -0.05) is 32.9 Å². The first-order valence-electron chi connectivity index (χ1n) is 9.25. The molecule has 6 heteroatoms. The van der Waals surface area contributed by atoms with Crippen molar-refractivity contribution in [2.45, 2.75) is 33.1 Å². The summed E-state index contributed by atoms with van der Waals surface area (Å²) in [6.45, 7) is 6.46. The van der Waals surface area contributed by atoms with Crippen LogP contribution in [-0.4, -0.2) is 27.5 Å². The number of hydrogen-bond acceptors (Lipinski definition) is 3. The molecule has 5 nitrogen and oxygen atoms in total. The molecule has 0 radical (unpaired) electrons. The van der Waals surface area contributed by atoms with Crippen LogP contribution in [0, 0.1) is 5.82 Å². The standard InChI is InChI=1S/C20H19FN2O3.C2H6/c1-14(13-26-19-4-2-3-15(9-19)10-20(24)25)16-11-22-23(12-16)18-7-5-17(21)6-8-18;1-2/h2-9,11-12,14H,10,13H2,1H3,(H,24,25);1-2H3. The first-order valence-corrected chi connectivity index (χ1v) is 9.25. The summed E-state index contributed by atoms with van der Waals surface area (Å²) in [5.41, 5.74) is 2.48. The van der Waals surface area contributed by atoms with Crippen molar-refractivity contribution in [2.75, 3.05) is 6.61 Å². The van der Waals surface area contributed by atoms with Gasteiger partial charge in [0, 0.05) is 12.1 Å². The Morgan fingerprint density at radius 2 is 1.93 bits per heavy atom. The minimum atomic E-state index is -0.872. The zero-order chi connectivity index (χ0) is 20.5. The van der Waals surface area contributed by atoms with E-state index in [1.807, 2.05) is 27.0 Å². The van der Waals surface area contributed by atoms with Crippen LogP contribution in [0.2, 0.25) is 0 Å². The summed E-state index contributed by atoms with van der Waals surface area (Å²) in [5.74, 6) is -0.425. The fraction of sp³-hybridized carbons (Fsp3) is 0.273. The van der Waals surface area contributed by atoms with Crippen LogP contribution in [0.15, 0.2) is 60.9 Å². The number of carboxylic acids is 1. The summed E-state index contributed by atoms with van der Waals surface area (Å²) in [7, 11) is 0. The van der Waals surface area contributed by atoms with Crippen LogP contribution >= 0.6 is 0 Å². The smallest absolute Gasteiger partial charge is 0.307 e. The van der Waals surface area contributed by atoms with Gasteiger partial charge in [0.2, 0.25) is 0 Å². The van der Waals surface area contributed by atoms with Gasteiger partial charge in [-0.05, 0) is 47.5 Å². The molecule has 3 aromatic rings. The van der Waals surface area contributed by atoms with Crippen LogP contribution in [0.5, 0.6) is 5.75 Å². The van der Waals surface area contributed by atoms with Crippen molar-refractivity contribution in [1.29, 1.82) is 0 Å². The van der Waals surface area contributed by atoms with E-state index in [-0.39, 0.29) is 18.2 Å². The summed E-state index contributed by atoms with van der Waals surface area (Å²) in [5, 5.41) is 13.2. The lowest BCUT2D eigenvalue weighted by molar-refractivity contribution is -0.136. The van der Waals surface area contributed by atoms with Crippen LogP contribution < -0.4 is 4.74 Å². The number of nitrogens with zero attached hydrogens (tertiary/aromatic N) is 2. The Morgan fingerprint density at radius 3 is 2.61 bits per heavy atom. The SMILES string of the molecule is CC.CC(COc1cccc(CC(=O)O)c1)c1cnn(-c2ccc(F)cc2)c1. The molecule has 148 valence electrons. The van der Waals surface area contributed by atoms with Gasteiger partial charge in [0.05, 0.1) is 24.9 Å². The average molecular weight is 384 g/mol. The number of ether oxygens (including phenoxy) is 1. The Morgan fingerprint density at radius 1 is 1.21 bits per heavy atom. The summed E-state index contributed by atoms with van der Waals surface area (Å²) in [6.07, 6.45) is 3.62.